The average molecular weight is 152 g/mol. The van der Waals surface area contributed by atoms with Crippen LogP contribution in [0.25, 0.3) is 0 Å². The van der Waals surface area contributed by atoms with E-state index in [1.165, 1.54) is 0 Å². The van der Waals surface area contributed by atoms with Gasteiger partial charge in [-0.15, -0.1) is 6.58 Å². The van der Waals surface area contributed by atoms with Gasteiger partial charge in [0.05, 0.1) is 0 Å². The Morgan fingerprint density at radius 2 is 2.64 bits per heavy atom. The predicted molar refractivity (Wildman–Crippen MR) is 44.2 cm³/mol. The van der Waals surface area contributed by atoms with Gasteiger partial charge in [-0.2, -0.15) is 5.10 Å². The molecule has 1 aliphatic heterocycles. The van der Waals surface area contributed by atoms with E-state index in [-0.39, 0.29) is 11.8 Å². The molecule has 1 N–H and O–H groups in total. The highest BCUT2D eigenvalue weighted by atomic mass is 16.2. The van der Waals surface area contributed by atoms with Crippen molar-refractivity contribution in [3.05, 3.63) is 12.7 Å². The molecule has 1 heterocycles. The second kappa shape index (κ2) is 3.32. The number of hydrazone groups is 1. The summed E-state index contributed by atoms with van der Waals surface area (Å²) in [6, 6.07) is 0. The second-order valence-corrected chi connectivity index (χ2v) is 2.75. The van der Waals surface area contributed by atoms with E-state index in [4.69, 9.17) is 0 Å². The molecule has 0 bridgehead atoms. The van der Waals surface area contributed by atoms with Crippen molar-refractivity contribution in [3.8, 4) is 0 Å². The quantitative estimate of drug-likeness (QED) is 0.591. The number of nitrogens with zero attached hydrogens (tertiary/aromatic N) is 1. The van der Waals surface area contributed by atoms with Crippen LogP contribution in [0.15, 0.2) is 17.8 Å². The summed E-state index contributed by atoms with van der Waals surface area (Å²) in [5, 5.41) is 3.83. The number of nitrogens with one attached hydrogen (secondary N) is 1. The Morgan fingerprint density at radius 3 is 3.27 bits per heavy atom. The van der Waals surface area contributed by atoms with Crippen LogP contribution in [0.2, 0.25) is 0 Å². The molecule has 0 radical (unpaired) electrons. The van der Waals surface area contributed by atoms with E-state index in [9.17, 15) is 4.79 Å². The topological polar surface area (TPSA) is 41.5 Å². The Morgan fingerprint density at radius 1 is 1.91 bits per heavy atom. The van der Waals surface area contributed by atoms with Gasteiger partial charge in [-0.25, -0.2) is 5.43 Å². The van der Waals surface area contributed by atoms with Crippen LogP contribution in [-0.4, -0.2) is 11.6 Å². The third-order valence-electron chi connectivity index (χ3n) is 1.72. The molecule has 3 heteroatoms. The maximum absolute atomic E-state index is 11.1. The van der Waals surface area contributed by atoms with E-state index in [0.29, 0.717) is 0 Å². The number of amides is 1. The summed E-state index contributed by atoms with van der Waals surface area (Å²) in [5.41, 5.74) is 3.45. The van der Waals surface area contributed by atoms with Crippen LogP contribution in [0, 0.1) is 5.92 Å². The van der Waals surface area contributed by atoms with Crippen molar-refractivity contribution < 1.29 is 4.79 Å². The highest BCUT2D eigenvalue weighted by Crippen LogP contribution is 2.13. The van der Waals surface area contributed by atoms with Crippen LogP contribution in [0.4, 0.5) is 0 Å². The summed E-state index contributed by atoms with van der Waals surface area (Å²) in [6.07, 6.45) is 3.26. The van der Waals surface area contributed by atoms with Gasteiger partial charge >= 0.3 is 0 Å². The lowest BCUT2D eigenvalue weighted by atomic mass is 9.97. The first kappa shape index (κ1) is 7.98. The van der Waals surface area contributed by atoms with Crippen LogP contribution in [0.5, 0.6) is 0 Å². The molecule has 0 spiro atoms. The molecule has 1 aliphatic rings. The fourth-order valence-electron chi connectivity index (χ4n) is 1.13. The van der Waals surface area contributed by atoms with Gasteiger partial charge in [-0.1, -0.05) is 6.08 Å². The van der Waals surface area contributed by atoms with Crippen molar-refractivity contribution in [1.82, 2.24) is 5.43 Å². The third-order valence-corrected chi connectivity index (χ3v) is 1.72. The monoisotopic (exact) mass is 152 g/mol. The highest BCUT2D eigenvalue weighted by Gasteiger charge is 2.20. The molecule has 0 saturated heterocycles. The number of carbonyl (C=O) groups excluding carboxylic acids is 1. The SMILES string of the molecule is C=CCC1CC(C)=NNC1=O. The predicted octanol–water partition coefficient (Wildman–Crippen LogP) is 1.07. The summed E-state index contributed by atoms with van der Waals surface area (Å²) >= 11 is 0. The molecule has 60 valence electrons. The van der Waals surface area contributed by atoms with Crippen molar-refractivity contribution >= 4 is 11.6 Å². The van der Waals surface area contributed by atoms with Crippen LogP contribution in [0.3, 0.4) is 0 Å². The average Bonchev–Trinajstić information content (AvgIpc) is 1.98. The zero-order valence-electron chi connectivity index (χ0n) is 6.63. The first-order valence-corrected chi connectivity index (χ1v) is 3.68. The van der Waals surface area contributed by atoms with Crippen molar-refractivity contribution in [2.24, 2.45) is 11.0 Å². The van der Waals surface area contributed by atoms with Crippen LogP contribution in [0.1, 0.15) is 19.8 Å². The molecule has 0 aliphatic carbocycles. The molecule has 0 aromatic carbocycles. The van der Waals surface area contributed by atoms with E-state index in [1.807, 2.05) is 6.92 Å². The molecule has 0 aromatic rings. The molecule has 1 rings (SSSR count). The van der Waals surface area contributed by atoms with Crippen molar-refractivity contribution in [2.75, 3.05) is 0 Å². The van der Waals surface area contributed by atoms with E-state index in [1.54, 1.807) is 6.08 Å². The van der Waals surface area contributed by atoms with Crippen molar-refractivity contribution in [3.63, 3.8) is 0 Å². The highest BCUT2D eigenvalue weighted by molar-refractivity contribution is 5.92. The van der Waals surface area contributed by atoms with Crippen molar-refractivity contribution in [2.45, 2.75) is 19.8 Å². The Labute approximate surface area is 66.2 Å². The Balaban J connectivity index is 2.59. The zero-order valence-corrected chi connectivity index (χ0v) is 6.63. The van der Waals surface area contributed by atoms with Crippen molar-refractivity contribution in [1.29, 1.82) is 0 Å². The summed E-state index contributed by atoms with van der Waals surface area (Å²) in [5.74, 6) is 0.0560. The van der Waals surface area contributed by atoms with E-state index < -0.39 is 0 Å². The molecule has 3 nitrogen and oxygen atoms in total. The molecule has 1 unspecified atom stereocenters. The number of carbonyl (C=O) groups is 1. The maximum Gasteiger partial charge on any atom is 0.243 e. The van der Waals surface area contributed by atoms with Crippen LogP contribution >= 0.6 is 0 Å². The zero-order chi connectivity index (χ0) is 8.27. The van der Waals surface area contributed by atoms with E-state index in [0.717, 1.165) is 18.6 Å². The van der Waals surface area contributed by atoms with E-state index in [2.05, 4.69) is 17.1 Å². The lowest BCUT2D eigenvalue weighted by molar-refractivity contribution is -0.125. The summed E-state index contributed by atoms with van der Waals surface area (Å²) in [6.45, 7) is 5.51. The summed E-state index contributed by atoms with van der Waals surface area (Å²) in [7, 11) is 0. The van der Waals surface area contributed by atoms with Gasteiger partial charge in [0.2, 0.25) is 5.91 Å². The minimum atomic E-state index is 0.00972. The molecule has 0 saturated carbocycles. The van der Waals surface area contributed by atoms with Crippen LogP contribution in [-0.2, 0) is 4.79 Å². The van der Waals surface area contributed by atoms with Gasteiger partial charge in [0.1, 0.15) is 0 Å². The molecule has 1 atom stereocenters. The number of hydrogen-bond donors (Lipinski definition) is 1. The largest absolute Gasteiger partial charge is 0.273 e. The van der Waals surface area contributed by atoms with Gasteiger partial charge in [0.25, 0.3) is 0 Å². The maximum atomic E-state index is 11.1. The molecule has 11 heavy (non-hydrogen) atoms. The molecule has 1 amide bonds. The third kappa shape index (κ3) is 1.90. The van der Waals surface area contributed by atoms with Gasteiger partial charge in [-0.05, 0) is 19.8 Å². The number of rotatable bonds is 2. The molecular formula is C8H12N2O. The Hall–Kier alpha value is -1.12. The van der Waals surface area contributed by atoms with Gasteiger partial charge in [-0.3, -0.25) is 4.79 Å². The fraction of sp³-hybridized carbons (Fsp3) is 0.500. The summed E-state index contributed by atoms with van der Waals surface area (Å²) < 4.78 is 0. The summed E-state index contributed by atoms with van der Waals surface area (Å²) in [4.78, 5) is 11.1. The lowest BCUT2D eigenvalue weighted by Gasteiger charge is -2.17. The Bertz CT molecular complexity index is 208. The minimum Gasteiger partial charge on any atom is -0.273 e. The minimum absolute atomic E-state index is 0.00972. The molecule has 0 aromatic heterocycles. The second-order valence-electron chi connectivity index (χ2n) is 2.75. The van der Waals surface area contributed by atoms with E-state index >= 15 is 0 Å². The standard InChI is InChI=1S/C8H12N2O/c1-3-4-7-5-6(2)9-10-8(7)11/h3,7H,1,4-5H2,2H3,(H,10,11). The Kier molecular flexibility index (Phi) is 2.41. The van der Waals surface area contributed by atoms with Gasteiger partial charge in [0.15, 0.2) is 0 Å². The number of allylic oxidation sites excluding steroid dienone is 1. The van der Waals surface area contributed by atoms with Gasteiger partial charge < -0.3 is 0 Å². The number of hydrogen-bond acceptors (Lipinski definition) is 2. The van der Waals surface area contributed by atoms with Crippen LogP contribution < -0.4 is 5.43 Å². The first-order valence-electron chi connectivity index (χ1n) is 3.68. The fourth-order valence-corrected chi connectivity index (χ4v) is 1.13. The molecular weight excluding hydrogens is 140 g/mol. The van der Waals surface area contributed by atoms with Gasteiger partial charge in [0, 0.05) is 11.6 Å². The molecule has 0 fully saturated rings. The smallest absolute Gasteiger partial charge is 0.243 e. The normalized spacial score (nSPS) is 23.9. The first-order chi connectivity index (χ1) is 5.24. The lowest BCUT2D eigenvalue weighted by Crippen LogP contribution is -2.33.